The molecule has 0 unspecified atom stereocenters. The predicted octanol–water partition coefficient (Wildman–Crippen LogP) is 8.97. The van der Waals surface area contributed by atoms with Gasteiger partial charge in [0.1, 0.15) is 33.1 Å². The van der Waals surface area contributed by atoms with Crippen molar-refractivity contribution in [1.29, 1.82) is 0 Å². The molecule has 0 aliphatic carbocycles. The van der Waals surface area contributed by atoms with Crippen molar-refractivity contribution in [3.8, 4) is 45.6 Å². The summed E-state index contributed by atoms with van der Waals surface area (Å²) in [5.74, 6) is 4.16. The number of hydrogen-bond acceptors (Lipinski definition) is 16. The normalized spacial score (nSPS) is 15.9. The second-order valence-electron chi connectivity index (χ2n) is 19.5. The lowest BCUT2D eigenvalue weighted by atomic mass is 9.78. The van der Waals surface area contributed by atoms with Crippen LogP contribution in [0, 0.1) is 10.8 Å². The molecule has 3 aliphatic heterocycles. The van der Waals surface area contributed by atoms with Crippen molar-refractivity contribution in [2.45, 2.75) is 66.0 Å². The van der Waals surface area contributed by atoms with E-state index in [9.17, 15) is 0 Å². The molecule has 0 spiro atoms. The number of methoxy groups -OCH3 is 1. The van der Waals surface area contributed by atoms with Gasteiger partial charge in [-0.05, 0) is 60.8 Å². The molecular formula is C52H58Cl2N16O3. The topological polar surface area (TPSA) is 203 Å². The fourth-order valence-corrected chi connectivity index (χ4v) is 9.64. The van der Waals surface area contributed by atoms with Crippen LogP contribution in [0.3, 0.4) is 0 Å². The van der Waals surface area contributed by atoms with Gasteiger partial charge in [0.15, 0.2) is 22.7 Å². The first-order valence-corrected chi connectivity index (χ1v) is 25.2. The van der Waals surface area contributed by atoms with E-state index in [1.165, 1.54) is 6.42 Å². The van der Waals surface area contributed by atoms with E-state index >= 15 is 0 Å². The molecule has 378 valence electrons. The second-order valence-corrected chi connectivity index (χ2v) is 20.2. The highest BCUT2D eigenvalue weighted by molar-refractivity contribution is 6.35. The molecule has 19 nitrogen and oxygen atoms in total. The molecule has 0 amide bonds. The molecule has 8 aromatic rings. The summed E-state index contributed by atoms with van der Waals surface area (Å²) in [5.41, 5.74) is 13.0. The van der Waals surface area contributed by atoms with Crippen LogP contribution in [-0.2, 0) is 27.2 Å². The number of nitrogens with zero attached hydrogens (tertiary/aromatic N) is 15. The maximum atomic E-state index is 6.77. The summed E-state index contributed by atoms with van der Waals surface area (Å²) in [5, 5.41) is 14.0. The number of pyridine rings is 2. The Hall–Kier alpha value is -7.22. The van der Waals surface area contributed by atoms with Crippen LogP contribution in [0.25, 0.3) is 33.7 Å². The molecule has 21 heteroatoms. The SMILES string of the molecule is CCC1(C)CCN(c2cnc3c(Oc4ccnc(-c5cnn(C)c5)c4Cl)nn(Cc4ccc(OC)cc4)c3n2)CC1.Cn1cc(-c2nccc(OC3=NCc4nc(N5CCC(C)(CN)CC5)cnc43)c2Cl)cn1. The number of rotatable bonds is 12. The van der Waals surface area contributed by atoms with Crippen molar-refractivity contribution in [3.63, 3.8) is 0 Å². The number of nitrogens with two attached hydrogens (primary N) is 1. The van der Waals surface area contributed by atoms with Gasteiger partial charge >= 0.3 is 0 Å². The molecule has 0 bridgehead atoms. The van der Waals surface area contributed by atoms with E-state index in [-0.39, 0.29) is 5.41 Å². The molecule has 1 aromatic carbocycles. The fraction of sp³-hybridized carbons (Fsp3) is 0.385. The van der Waals surface area contributed by atoms with E-state index in [2.05, 4.69) is 60.7 Å². The van der Waals surface area contributed by atoms with Crippen molar-refractivity contribution in [2.24, 2.45) is 35.7 Å². The third kappa shape index (κ3) is 10.5. The van der Waals surface area contributed by atoms with E-state index in [0.29, 0.717) is 86.6 Å². The number of hydrogen-bond donors (Lipinski definition) is 1. The van der Waals surface area contributed by atoms with Gasteiger partial charge in [0.2, 0.25) is 5.90 Å². The third-order valence-electron chi connectivity index (χ3n) is 14.3. The van der Waals surface area contributed by atoms with Gasteiger partial charge in [0.25, 0.3) is 5.88 Å². The summed E-state index contributed by atoms with van der Waals surface area (Å²) in [6.07, 6.45) is 19.6. The Labute approximate surface area is 433 Å². The molecule has 73 heavy (non-hydrogen) atoms. The largest absolute Gasteiger partial charge is 0.497 e. The molecule has 0 atom stereocenters. The van der Waals surface area contributed by atoms with E-state index in [0.717, 1.165) is 91.6 Å². The Balaban J connectivity index is 0.000000173. The van der Waals surface area contributed by atoms with Crippen LogP contribution in [0.4, 0.5) is 11.6 Å². The molecule has 2 fully saturated rings. The minimum atomic E-state index is 0.212. The predicted molar refractivity (Wildman–Crippen MR) is 282 cm³/mol. The van der Waals surface area contributed by atoms with Crippen LogP contribution in [-0.4, -0.2) is 105 Å². The van der Waals surface area contributed by atoms with Gasteiger partial charge in [-0.1, -0.05) is 62.5 Å². The molecular weight excluding hydrogens is 968 g/mol. The summed E-state index contributed by atoms with van der Waals surface area (Å²) in [7, 11) is 5.35. The maximum Gasteiger partial charge on any atom is 0.266 e. The number of aryl methyl sites for hydroxylation is 2. The first kappa shape index (κ1) is 49.4. The zero-order valence-corrected chi connectivity index (χ0v) is 43.3. The molecule has 10 heterocycles. The number of halogens is 2. The average molecular weight is 1030 g/mol. The van der Waals surface area contributed by atoms with Crippen LogP contribution >= 0.6 is 23.2 Å². The Kier molecular flexibility index (Phi) is 14.0. The summed E-state index contributed by atoms with van der Waals surface area (Å²) >= 11 is 13.4. The van der Waals surface area contributed by atoms with E-state index in [4.69, 9.17) is 63.2 Å². The number of aliphatic imine (C=N–C) groups is 1. The second kappa shape index (κ2) is 20.7. The first-order valence-electron chi connectivity index (χ1n) is 24.4. The van der Waals surface area contributed by atoms with Crippen LogP contribution in [0.5, 0.6) is 23.1 Å². The van der Waals surface area contributed by atoms with Crippen LogP contribution < -0.4 is 29.7 Å². The summed E-state index contributed by atoms with van der Waals surface area (Å²) < 4.78 is 22.9. The highest BCUT2D eigenvalue weighted by atomic mass is 35.5. The van der Waals surface area contributed by atoms with E-state index < -0.39 is 0 Å². The zero-order chi connectivity index (χ0) is 50.9. The minimum Gasteiger partial charge on any atom is -0.497 e. The van der Waals surface area contributed by atoms with E-state index in [1.807, 2.05) is 61.6 Å². The fourth-order valence-electron chi connectivity index (χ4n) is 9.12. The standard InChI is InChI=1S/C30H33ClN8O2.C22H25ClN8O/c1-5-30(2)11-14-38(15-12-30)24-17-33-27-28(35-24)39(18-20-6-8-22(40-4)9-7-20)36-29(27)41-23-10-13-32-26(25(23)31)21-16-34-37(3)19-21;1-22(13-24)4-7-31(8-5-22)17-11-26-20-15(29-17)10-27-21(20)32-16-3-6-25-19(18(16)23)14-9-28-30(2)12-14/h6-10,13,16-17,19H,5,11-12,14-15,18H2,1-4H3;3,6,9,11-12H,4-5,7-8,10,13,24H2,1-2H3. The van der Waals surface area contributed by atoms with Crippen LogP contribution in [0.1, 0.15) is 69.8 Å². The minimum absolute atomic E-state index is 0.212. The van der Waals surface area contributed by atoms with Gasteiger partial charge in [0.05, 0.1) is 62.1 Å². The van der Waals surface area contributed by atoms with Crippen molar-refractivity contribution in [1.82, 2.24) is 59.2 Å². The van der Waals surface area contributed by atoms with Crippen molar-refractivity contribution >= 4 is 51.9 Å². The lowest BCUT2D eigenvalue weighted by Crippen LogP contribution is -2.42. The smallest absolute Gasteiger partial charge is 0.266 e. The molecule has 3 aliphatic rings. The number of ether oxygens (including phenoxy) is 3. The van der Waals surface area contributed by atoms with Gasteiger partial charge in [-0.15, -0.1) is 5.10 Å². The molecule has 2 N–H and O–H groups in total. The highest BCUT2D eigenvalue weighted by Gasteiger charge is 2.32. The lowest BCUT2D eigenvalue weighted by molar-refractivity contribution is 0.238. The Bertz CT molecular complexity index is 3280. The number of aromatic nitrogens is 12. The van der Waals surface area contributed by atoms with E-state index in [1.54, 1.807) is 59.6 Å². The van der Waals surface area contributed by atoms with Crippen LogP contribution in [0.2, 0.25) is 10.0 Å². The summed E-state index contributed by atoms with van der Waals surface area (Å²) in [6, 6.07) is 11.3. The van der Waals surface area contributed by atoms with Crippen molar-refractivity contribution in [2.75, 3.05) is 49.6 Å². The maximum absolute atomic E-state index is 6.77. The average Bonchev–Trinajstić information content (AvgIpc) is 4.22. The number of benzene rings is 1. The zero-order valence-electron chi connectivity index (χ0n) is 41.8. The molecule has 2 saturated heterocycles. The lowest BCUT2D eigenvalue weighted by Gasteiger charge is -2.39. The van der Waals surface area contributed by atoms with Crippen molar-refractivity contribution < 1.29 is 14.2 Å². The van der Waals surface area contributed by atoms with Gasteiger partial charge in [-0.2, -0.15) is 10.2 Å². The van der Waals surface area contributed by atoms with Crippen molar-refractivity contribution in [3.05, 3.63) is 113 Å². The van der Waals surface area contributed by atoms with Gasteiger partial charge in [0, 0.05) is 88.3 Å². The molecule has 11 rings (SSSR count). The van der Waals surface area contributed by atoms with Gasteiger partial charge in [-0.25, -0.2) is 29.6 Å². The number of fused-ring (bicyclic) bond motifs is 2. The monoisotopic (exact) mass is 1020 g/mol. The van der Waals surface area contributed by atoms with Gasteiger partial charge < -0.3 is 29.7 Å². The highest BCUT2D eigenvalue weighted by Crippen LogP contribution is 2.40. The number of anilines is 2. The van der Waals surface area contributed by atoms with Crippen LogP contribution in [0.15, 0.2) is 91.0 Å². The Morgan fingerprint density at radius 2 is 1.26 bits per heavy atom. The summed E-state index contributed by atoms with van der Waals surface area (Å²) in [6.45, 7) is 12.3. The molecule has 0 radical (unpaired) electrons. The molecule has 7 aromatic heterocycles. The number of piperidine rings is 2. The molecule has 0 saturated carbocycles. The summed E-state index contributed by atoms with van der Waals surface area (Å²) in [4.78, 5) is 37.2. The Morgan fingerprint density at radius 1 is 0.685 bits per heavy atom. The first-order chi connectivity index (χ1) is 35.3. The third-order valence-corrected chi connectivity index (χ3v) is 15.0. The van der Waals surface area contributed by atoms with Gasteiger partial charge in [-0.3, -0.25) is 19.3 Å². The quantitative estimate of drug-likeness (QED) is 0.121. The Morgan fingerprint density at radius 3 is 1.82 bits per heavy atom.